The van der Waals surface area contributed by atoms with E-state index in [1.54, 1.807) is 30.3 Å². The first kappa shape index (κ1) is 22.0. The van der Waals surface area contributed by atoms with Gasteiger partial charge in [0.25, 0.3) is 5.91 Å². The van der Waals surface area contributed by atoms with Gasteiger partial charge in [-0.2, -0.15) is 5.26 Å². The molecule has 1 amide bonds. The van der Waals surface area contributed by atoms with Crippen LogP contribution in [0.4, 0.5) is 0 Å². The van der Waals surface area contributed by atoms with Crippen LogP contribution < -0.4 is 14.8 Å². The van der Waals surface area contributed by atoms with Gasteiger partial charge in [0.2, 0.25) is 0 Å². The smallest absolute Gasteiger partial charge is 0.262 e. The van der Waals surface area contributed by atoms with Gasteiger partial charge >= 0.3 is 0 Å². The number of aryl methyl sites for hydroxylation is 1. The van der Waals surface area contributed by atoms with Crippen molar-refractivity contribution in [3.05, 3.63) is 88.3 Å². The van der Waals surface area contributed by atoms with Crippen molar-refractivity contribution < 1.29 is 18.7 Å². The molecule has 0 fully saturated rings. The number of rotatable bonds is 9. The molecule has 3 aromatic rings. The molecule has 0 saturated heterocycles. The van der Waals surface area contributed by atoms with Crippen LogP contribution in [0.2, 0.25) is 5.02 Å². The molecule has 1 heterocycles. The molecule has 6 nitrogen and oxygen atoms in total. The lowest BCUT2D eigenvalue weighted by molar-refractivity contribution is -0.117. The molecule has 0 aliphatic rings. The second-order valence-electron chi connectivity index (χ2n) is 6.63. The maximum Gasteiger partial charge on any atom is 0.262 e. The Hall–Kier alpha value is -3.69. The summed E-state index contributed by atoms with van der Waals surface area (Å²) < 4.78 is 16.4. The number of nitrogens with one attached hydrogen (secondary N) is 1. The molecule has 158 valence electrons. The number of ether oxygens (including phenoxy) is 2. The van der Waals surface area contributed by atoms with Crippen LogP contribution in [-0.4, -0.2) is 19.1 Å². The highest BCUT2D eigenvalue weighted by Crippen LogP contribution is 2.26. The molecule has 0 aliphatic heterocycles. The Morgan fingerprint density at radius 2 is 1.94 bits per heavy atom. The summed E-state index contributed by atoms with van der Waals surface area (Å²) in [6.07, 6.45) is 2.98. The standard InChI is InChI=1S/C24H21ClN2O4/c1-17-4-7-20(8-5-17)30-11-12-31-23-9-6-18(14-22(23)25)13-19(15-26)24(28)27-16-21-3-2-10-29-21/h2-10,13-14H,11-12,16H2,1H3,(H,27,28). The van der Waals surface area contributed by atoms with E-state index in [9.17, 15) is 10.1 Å². The maximum absolute atomic E-state index is 12.2. The summed E-state index contributed by atoms with van der Waals surface area (Å²) in [6.45, 7) is 2.90. The summed E-state index contributed by atoms with van der Waals surface area (Å²) in [7, 11) is 0. The molecule has 0 bridgehead atoms. The molecule has 0 unspecified atom stereocenters. The summed E-state index contributed by atoms with van der Waals surface area (Å²) >= 11 is 6.29. The third-order valence-electron chi connectivity index (χ3n) is 4.27. The highest BCUT2D eigenvalue weighted by molar-refractivity contribution is 6.32. The second kappa shape index (κ2) is 10.9. The van der Waals surface area contributed by atoms with Gasteiger partial charge in [0.1, 0.15) is 42.1 Å². The topological polar surface area (TPSA) is 84.5 Å². The van der Waals surface area contributed by atoms with Crippen LogP contribution in [0.15, 0.2) is 70.9 Å². The summed E-state index contributed by atoms with van der Waals surface area (Å²) in [5.74, 6) is 1.37. The van der Waals surface area contributed by atoms with E-state index in [2.05, 4.69) is 5.32 Å². The van der Waals surface area contributed by atoms with E-state index in [1.807, 2.05) is 37.3 Å². The van der Waals surface area contributed by atoms with Crippen molar-refractivity contribution in [2.24, 2.45) is 0 Å². The van der Waals surface area contributed by atoms with Crippen molar-refractivity contribution in [3.63, 3.8) is 0 Å². The highest BCUT2D eigenvalue weighted by Gasteiger charge is 2.10. The number of amides is 1. The van der Waals surface area contributed by atoms with E-state index >= 15 is 0 Å². The van der Waals surface area contributed by atoms with Crippen molar-refractivity contribution in [1.29, 1.82) is 5.26 Å². The SMILES string of the molecule is Cc1ccc(OCCOc2ccc(C=C(C#N)C(=O)NCc3ccco3)cc2Cl)cc1. The predicted octanol–water partition coefficient (Wildman–Crippen LogP) is 4.92. The number of furan rings is 1. The zero-order valence-corrected chi connectivity index (χ0v) is 17.7. The number of carbonyl (C=O) groups excluding carboxylic acids is 1. The average molecular weight is 437 g/mol. The van der Waals surface area contributed by atoms with E-state index in [4.69, 9.17) is 25.5 Å². The largest absolute Gasteiger partial charge is 0.490 e. The van der Waals surface area contributed by atoms with E-state index in [-0.39, 0.29) is 12.1 Å². The van der Waals surface area contributed by atoms with Gasteiger partial charge in [-0.05, 0) is 55.0 Å². The Morgan fingerprint density at radius 1 is 1.16 bits per heavy atom. The third kappa shape index (κ3) is 6.66. The lowest BCUT2D eigenvalue weighted by atomic mass is 10.1. The van der Waals surface area contributed by atoms with Crippen LogP contribution in [0.3, 0.4) is 0 Å². The molecular weight excluding hydrogens is 416 g/mol. The average Bonchev–Trinajstić information content (AvgIpc) is 3.29. The number of halogens is 1. The zero-order valence-electron chi connectivity index (χ0n) is 16.9. The quantitative estimate of drug-likeness (QED) is 0.292. The molecule has 0 aliphatic carbocycles. The number of carbonyl (C=O) groups is 1. The highest BCUT2D eigenvalue weighted by atomic mass is 35.5. The Bertz CT molecular complexity index is 1080. The Kier molecular flexibility index (Phi) is 7.74. The van der Waals surface area contributed by atoms with E-state index in [0.717, 1.165) is 5.75 Å². The summed E-state index contributed by atoms with van der Waals surface area (Å²) in [5.41, 5.74) is 1.74. The molecule has 1 N–H and O–H groups in total. The minimum Gasteiger partial charge on any atom is -0.490 e. The zero-order chi connectivity index (χ0) is 22.1. The van der Waals surface area contributed by atoms with Crippen molar-refractivity contribution in [2.45, 2.75) is 13.5 Å². The van der Waals surface area contributed by atoms with Crippen molar-refractivity contribution in [1.82, 2.24) is 5.32 Å². The van der Waals surface area contributed by atoms with Crippen molar-refractivity contribution >= 4 is 23.6 Å². The molecule has 0 atom stereocenters. The van der Waals surface area contributed by atoms with E-state index < -0.39 is 5.91 Å². The van der Waals surface area contributed by atoms with Crippen molar-refractivity contribution in [3.8, 4) is 17.6 Å². The van der Waals surface area contributed by atoms with Crippen molar-refractivity contribution in [2.75, 3.05) is 13.2 Å². The first-order valence-electron chi connectivity index (χ1n) is 9.59. The normalized spacial score (nSPS) is 10.9. The first-order valence-corrected chi connectivity index (χ1v) is 9.97. The Balaban J connectivity index is 1.53. The van der Waals surface area contributed by atoms with Gasteiger partial charge in [0.15, 0.2) is 0 Å². The van der Waals surface area contributed by atoms with Crippen LogP contribution >= 0.6 is 11.6 Å². The minimum absolute atomic E-state index is 0.0391. The summed E-state index contributed by atoms with van der Waals surface area (Å²) in [4.78, 5) is 12.2. The van der Waals surface area contributed by atoms with Crippen LogP contribution in [0.25, 0.3) is 6.08 Å². The van der Waals surface area contributed by atoms with Crippen LogP contribution in [0.5, 0.6) is 11.5 Å². The second-order valence-corrected chi connectivity index (χ2v) is 7.04. The van der Waals surface area contributed by atoms with Gasteiger partial charge in [-0.1, -0.05) is 35.4 Å². The number of hydrogen-bond donors (Lipinski definition) is 1. The fraction of sp³-hybridized carbons (Fsp3) is 0.167. The summed E-state index contributed by atoms with van der Waals surface area (Å²) in [5, 5.41) is 12.3. The van der Waals surface area contributed by atoms with Crippen LogP contribution in [0.1, 0.15) is 16.9 Å². The van der Waals surface area contributed by atoms with Gasteiger partial charge in [-0.3, -0.25) is 4.79 Å². The fourth-order valence-electron chi connectivity index (χ4n) is 2.66. The van der Waals surface area contributed by atoms with E-state index in [1.165, 1.54) is 17.9 Å². The number of nitriles is 1. The van der Waals surface area contributed by atoms with Gasteiger partial charge in [0.05, 0.1) is 17.8 Å². The minimum atomic E-state index is -0.497. The first-order chi connectivity index (χ1) is 15.0. The van der Waals surface area contributed by atoms with Gasteiger partial charge < -0.3 is 19.2 Å². The third-order valence-corrected chi connectivity index (χ3v) is 4.56. The fourth-order valence-corrected chi connectivity index (χ4v) is 2.90. The molecular formula is C24H21ClN2O4. The molecule has 0 spiro atoms. The van der Waals surface area contributed by atoms with Crippen LogP contribution in [0, 0.1) is 18.3 Å². The monoisotopic (exact) mass is 436 g/mol. The van der Waals surface area contributed by atoms with Gasteiger partial charge in [-0.15, -0.1) is 0 Å². The van der Waals surface area contributed by atoms with E-state index in [0.29, 0.717) is 35.3 Å². The number of benzene rings is 2. The van der Waals surface area contributed by atoms with Gasteiger partial charge in [0, 0.05) is 0 Å². The molecule has 0 radical (unpaired) electrons. The maximum atomic E-state index is 12.2. The summed E-state index contributed by atoms with van der Waals surface area (Å²) in [6, 6.07) is 18.2. The predicted molar refractivity (Wildman–Crippen MR) is 118 cm³/mol. The molecule has 2 aromatic carbocycles. The number of hydrogen-bond acceptors (Lipinski definition) is 5. The van der Waals surface area contributed by atoms with Crippen LogP contribution in [-0.2, 0) is 11.3 Å². The Morgan fingerprint density at radius 3 is 2.61 bits per heavy atom. The molecule has 3 rings (SSSR count). The number of nitrogens with zero attached hydrogens (tertiary/aromatic N) is 1. The molecule has 1 aromatic heterocycles. The lowest BCUT2D eigenvalue weighted by Gasteiger charge is -2.10. The Labute approximate surface area is 185 Å². The van der Waals surface area contributed by atoms with Gasteiger partial charge in [-0.25, -0.2) is 0 Å². The molecule has 7 heteroatoms. The molecule has 31 heavy (non-hydrogen) atoms. The molecule has 0 saturated carbocycles. The lowest BCUT2D eigenvalue weighted by Crippen LogP contribution is -2.23.